The average molecular weight is 458 g/mol. The number of nitrogens with one attached hydrogen (secondary N) is 1. The van der Waals surface area contributed by atoms with Gasteiger partial charge < -0.3 is 9.88 Å². The number of carbonyl (C=O) groups excluding carboxylic acids is 1. The Morgan fingerprint density at radius 2 is 1.62 bits per heavy atom. The highest BCUT2D eigenvalue weighted by Crippen LogP contribution is 2.22. The molecule has 0 aliphatic carbocycles. The maximum absolute atomic E-state index is 13.1. The van der Waals surface area contributed by atoms with Crippen LogP contribution in [-0.2, 0) is 6.54 Å². The zero-order chi connectivity index (χ0) is 21.8. The normalized spacial score (nSPS) is 14.7. The molecule has 1 aromatic heterocycles. The maximum atomic E-state index is 13.1. The van der Waals surface area contributed by atoms with E-state index in [1.54, 1.807) is 0 Å². The lowest BCUT2D eigenvalue weighted by atomic mass is 9.89. The predicted octanol–water partition coefficient (Wildman–Crippen LogP) is 3.36. The van der Waals surface area contributed by atoms with Crippen LogP contribution in [0, 0.1) is 11.7 Å². The first kappa shape index (κ1) is 23.6. The Hall–Kier alpha value is -3.03. The van der Waals surface area contributed by atoms with Gasteiger partial charge in [0.2, 0.25) is 0 Å². The average Bonchev–Trinajstić information content (AvgIpc) is 2.79. The first-order valence-corrected chi connectivity index (χ1v) is 10.4. The van der Waals surface area contributed by atoms with Gasteiger partial charge >= 0.3 is 5.69 Å². The van der Waals surface area contributed by atoms with E-state index in [1.165, 1.54) is 34.9 Å². The van der Waals surface area contributed by atoms with E-state index in [2.05, 4.69) is 9.88 Å². The zero-order valence-electron chi connectivity index (χ0n) is 17.5. The number of rotatable bonds is 6. The smallest absolute Gasteiger partial charge is 0.307 e. The lowest BCUT2D eigenvalue weighted by Gasteiger charge is -2.31. The van der Waals surface area contributed by atoms with Crippen LogP contribution in [0.15, 0.2) is 70.3 Å². The minimum absolute atomic E-state index is 0. The summed E-state index contributed by atoms with van der Waals surface area (Å²) in [7, 11) is 0. The Morgan fingerprint density at radius 3 is 2.25 bits per heavy atom. The number of nitrogens with zero attached hydrogens (tertiary/aromatic N) is 2. The molecule has 2 heterocycles. The van der Waals surface area contributed by atoms with Crippen molar-refractivity contribution in [3.63, 3.8) is 0 Å². The van der Waals surface area contributed by atoms with E-state index in [0.717, 1.165) is 5.56 Å². The topological polar surface area (TPSA) is 75.2 Å². The van der Waals surface area contributed by atoms with Crippen molar-refractivity contribution < 1.29 is 9.18 Å². The number of Topliss-reactive ketones (excluding diaryl/α,β-unsaturated/α-hetero) is 1. The van der Waals surface area contributed by atoms with E-state index in [9.17, 15) is 18.8 Å². The van der Waals surface area contributed by atoms with Gasteiger partial charge in [-0.2, -0.15) is 0 Å². The van der Waals surface area contributed by atoms with Crippen molar-refractivity contribution in [2.24, 2.45) is 5.92 Å². The highest BCUT2D eigenvalue weighted by molar-refractivity contribution is 5.97. The first-order valence-electron chi connectivity index (χ1n) is 10.4. The van der Waals surface area contributed by atoms with Crippen molar-refractivity contribution in [2.45, 2.75) is 19.4 Å². The molecule has 3 aromatic rings. The lowest BCUT2D eigenvalue weighted by molar-refractivity contribution is 0.0837. The summed E-state index contributed by atoms with van der Waals surface area (Å²) in [6, 6.07) is 16.4. The SMILES string of the molecule is Cl.O=C(c1ccc(F)cc1)C1CCN(CCn2c(=O)cc(-c3ccccc3)[nH]c2=O)CC1. The fourth-order valence-corrected chi connectivity index (χ4v) is 4.02. The molecule has 4 rings (SSSR count). The molecule has 0 atom stereocenters. The van der Waals surface area contributed by atoms with Crippen molar-refractivity contribution in [3.8, 4) is 11.3 Å². The van der Waals surface area contributed by atoms with Gasteiger partial charge in [0.05, 0.1) is 5.69 Å². The van der Waals surface area contributed by atoms with E-state index in [-0.39, 0.29) is 35.5 Å². The van der Waals surface area contributed by atoms with E-state index >= 15 is 0 Å². The molecule has 0 bridgehead atoms. The van der Waals surface area contributed by atoms with Crippen LogP contribution in [-0.4, -0.2) is 39.9 Å². The Balaban J connectivity index is 0.00000289. The molecule has 0 amide bonds. The standard InChI is InChI=1S/C24H24FN3O3.ClH/c25-20-8-6-18(7-9-20)23(30)19-10-12-27(13-11-19)14-15-28-22(29)16-21(26-24(28)31)17-4-2-1-3-5-17;/h1-9,16,19H,10-15H2,(H,26,31);1H. The highest BCUT2D eigenvalue weighted by Gasteiger charge is 2.25. The zero-order valence-corrected chi connectivity index (χ0v) is 18.3. The summed E-state index contributed by atoms with van der Waals surface area (Å²) in [4.78, 5) is 42.5. The van der Waals surface area contributed by atoms with Crippen LogP contribution in [0.5, 0.6) is 0 Å². The lowest BCUT2D eigenvalue weighted by Crippen LogP contribution is -2.42. The highest BCUT2D eigenvalue weighted by atomic mass is 35.5. The first-order chi connectivity index (χ1) is 15.0. The van der Waals surface area contributed by atoms with Crippen LogP contribution in [0.25, 0.3) is 11.3 Å². The quantitative estimate of drug-likeness (QED) is 0.576. The van der Waals surface area contributed by atoms with Crippen LogP contribution >= 0.6 is 12.4 Å². The number of likely N-dealkylation sites (tertiary alicyclic amines) is 1. The molecule has 2 aromatic carbocycles. The third kappa shape index (κ3) is 5.41. The Labute approximate surface area is 191 Å². The molecule has 1 aliphatic rings. The molecule has 1 aliphatic heterocycles. The van der Waals surface area contributed by atoms with E-state index in [0.29, 0.717) is 50.3 Å². The van der Waals surface area contributed by atoms with Gasteiger partial charge in [-0.05, 0) is 55.8 Å². The number of halogens is 2. The number of carbonyl (C=O) groups is 1. The Bertz CT molecular complexity index is 1140. The van der Waals surface area contributed by atoms with E-state index < -0.39 is 5.69 Å². The fourth-order valence-electron chi connectivity index (χ4n) is 4.02. The number of benzene rings is 2. The summed E-state index contributed by atoms with van der Waals surface area (Å²) in [5.41, 5.74) is 1.08. The summed E-state index contributed by atoms with van der Waals surface area (Å²) >= 11 is 0. The second-order valence-corrected chi connectivity index (χ2v) is 7.83. The van der Waals surface area contributed by atoms with Gasteiger partial charge in [0.1, 0.15) is 5.82 Å². The summed E-state index contributed by atoms with van der Waals surface area (Å²) in [5.74, 6) is -0.393. The Morgan fingerprint density at radius 1 is 0.969 bits per heavy atom. The summed E-state index contributed by atoms with van der Waals surface area (Å²) < 4.78 is 14.3. The number of aromatic amines is 1. The third-order valence-electron chi connectivity index (χ3n) is 5.83. The molecule has 1 fully saturated rings. The summed E-state index contributed by atoms with van der Waals surface area (Å²) in [6.07, 6.45) is 1.41. The molecule has 0 unspecified atom stereocenters. The van der Waals surface area contributed by atoms with Crippen LogP contribution in [0.1, 0.15) is 23.2 Å². The van der Waals surface area contributed by atoms with Crippen LogP contribution < -0.4 is 11.2 Å². The largest absolute Gasteiger partial charge is 0.328 e. The third-order valence-corrected chi connectivity index (χ3v) is 5.83. The van der Waals surface area contributed by atoms with E-state index in [1.807, 2.05) is 30.3 Å². The molecule has 6 nitrogen and oxygen atoms in total. The van der Waals surface area contributed by atoms with Gasteiger partial charge in [-0.15, -0.1) is 12.4 Å². The van der Waals surface area contributed by atoms with Gasteiger partial charge in [0.15, 0.2) is 5.78 Å². The van der Waals surface area contributed by atoms with Crippen LogP contribution in [0.4, 0.5) is 4.39 Å². The second-order valence-electron chi connectivity index (χ2n) is 7.83. The molecular weight excluding hydrogens is 433 g/mol. The van der Waals surface area contributed by atoms with Crippen molar-refractivity contribution in [3.05, 3.63) is 92.9 Å². The molecule has 1 saturated heterocycles. The molecule has 0 saturated carbocycles. The molecule has 0 spiro atoms. The molecule has 0 radical (unpaired) electrons. The van der Waals surface area contributed by atoms with Crippen molar-refractivity contribution in [1.29, 1.82) is 0 Å². The molecule has 8 heteroatoms. The molecule has 168 valence electrons. The van der Waals surface area contributed by atoms with Gasteiger partial charge in [0, 0.05) is 30.6 Å². The monoisotopic (exact) mass is 457 g/mol. The van der Waals surface area contributed by atoms with Crippen LogP contribution in [0.2, 0.25) is 0 Å². The maximum Gasteiger partial charge on any atom is 0.328 e. The van der Waals surface area contributed by atoms with Gasteiger partial charge in [0.25, 0.3) is 5.56 Å². The van der Waals surface area contributed by atoms with Gasteiger partial charge in [-0.1, -0.05) is 30.3 Å². The molecule has 32 heavy (non-hydrogen) atoms. The number of piperidine rings is 1. The van der Waals surface area contributed by atoms with Crippen molar-refractivity contribution in [1.82, 2.24) is 14.5 Å². The second kappa shape index (κ2) is 10.5. The predicted molar refractivity (Wildman–Crippen MR) is 124 cm³/mol. The van der Waals surface area contributed by atoms with Crippen molar-refractivity contribution in [2.75, 3.05) is 19.6 Å². The molecular formula is C24H25ClFN3O3. The van der Waals surface area contributed by atoms with Gasteiger partial charge in [-0.3, -0.25) is 14.2 Å². The minimum Gasteiger partial charge on any atom is -0.307 e. The molecule has 1 N–H and O–H groups in total. The minimum atomic E-state index is -0.423. The number of H-pyrrole nitrogens is 1. The fraction of sp³-hybridized carbons (Fsp3) is 0.292. The van der Waals surface area contributed by atoms with E-state index in [4.69, 9.17) is 0 Å². The summed E-state index contributed by atoms with van der Waals surface area (Å²) in [5, 5.41) is 0. The van der Waals surface area contributed by atoms with Crippen molar-refractivity contribution >= 4 is 18.2 Å². The Kier molecular flexibility index (Phi) is 7.77. The number of hydrogen-bond acceptors (Lipinski definition) is 4. The number of aromatic nitrogens is 2. The number of ketones is 1. The van der Waals surface area contributed by atoms with Gasteiger partial charge in [-0.25, -0.2) is 9.18 Å². The summed E-state index contributed by atoms with van der Waals surface area (Å²) in [6.45, 7) is 2.28. The number of hydrogen-bond donors (Lipinski definition) is 1. The van der Waals surface area contributed by atoms with Crippen LogP contribution in [0.3, 0.4) is 0 Å².